The summed E-state index contributed by atoms with van der Waals surface area (Å²) in [4.78, 5) is 28.3. The first-order valence-electron chi connectivity index (χ1n) is 14.2. The highest BCUT2D eigenvalue weighted by molar-refractivity contribution is 5.89. The number of pyridine rings is 2. The Kier molecular flexibility index (Phi) is 8.31. The van der Waals surface area contributed by atoms with Crippen LogP contribution in [0.25, 0.3) is 11.2 Å². The number of halogens is 2. The second kappa shape index (κ2) is 12.5. The maximum absolute atomic E-state index is 14.5. The molecule has 0 radical (unpaired) electrons. The van der Waals surface area contributed by atoms with E-state index in [1.807, 2.05) is 4.57 Å². The Labute approximate surface area is 247 Å². The van der Waals surface area contributed by atoms with Gasteiger partial charge in [0.15, 0.2) is 17.2 Å². The number of hydrogen-bond acceptors (Lipinski definition) is 8. The number of carbonyl (C=O) groups is 1. The first-order valence-corrected chi connectivity index (χ1v) is 14.2. The van der Waals surface area contributed by atoms with Crippen LogP contribution in [0.2, 0.25) is 0 Å². The van der Waals surface area contributed by atoms with Crippen molar-refractivity contribution in [3.8, 4) is 18.2 Å². The summed E-state index contributed by atoms with van der Waals surface area (Å²) < 4.78 is 47.0. The SMILES string of the molecule is C#Cc1ccc(COc2nc(C3CCN(Cc4nc5ccc(C(=O)OC)nc5n4C[C@@H]4CCO4)CC3)ccc2F)c(F)c1. The lowest BCUT2D eigenvalue weighted by Gasteiger charge is -2.32. The van der Waals surface area contributed by atoms with Gasteiger partial charge in [0.05, 0.1) is 26.3 Å². The van der Waals surface area contributed by atoms with Crippen molar-refractivity contribution in [2.24, 2.45) is 0 Å². The number of nitrogens with zero attached hydrogens (tertiary/aromatic N) is 5. The minimum absolute atomic E-state index is 0.0882. The molecule has 0 amide bonds. The number of piperidine rings is 1. The van der Waals surface area contributed by atoms with Crippen LogP contribution in [0.3, 0.4) is 0 Å². The van der Waals surface area contributed by atoms with Crippen LogP contribution < -0.4 is 4.74 Å². The minimum atomic E-state index is -0.597. The van der Waals surface area contributed by atoms with Crippen molar-refractivity contribution in [3.05, 3.63) is 82.4 Å². The lowest BCUT2D eigenvalue weighted by molar-refractivity contribution is -0.0593. The number of likely N-dealkylation sites (tertiary alicyclic amines) is 1. The standard InChI is InChI=1S/C32H31F2N5O4/c1-3-20-4-5-22(25(34)16-20)19-43-31-24(33)6-7-26(37-31)21-10-13-38(14-11-21)18-29-35-27-8-9-28(32(40)41-2)36-30(27)39(29)17-23-12-15-42-23/h1,4-9,16,21,23H,10-15,17-19H2,2H3/t23-/m0/s1. The van der Waals surface area contributed by atoms with Crippen molar-refractivity contribution in [2.75, 3.05) is 26.8 Å². The van der Waals surface area contributed by atoms with E-state index in [0.29, 0.717) is 29.8 Å². The van der Waals surface area contributed by atoms with Gasteiger partial charge < -0.3 is 18.8 Å². The molecule has 5 heterocycles. The average Bonchev–Trinajstić information content (AvgIpc) is 3.34. The molecule has 1 atom stereocenters. The summed E-state index contributed by atoms with van der Waals surface area (Å²) in [5, 5.41) is 0. The molecule has 1 aromatic carbocycles. The Morgan fingerprint density at radius 1 is 1.07 bits per heavy atom. The Bertz CT molecular complexity index is 1690. The maximum atomic E-state index is 14.5. The van der Waals surface area contributed by atoms with Crippen LogP contribution in [-0.2, 0) is 29.2 Å². The topological polar surface area (TPSA) is 91.6 Å². The van der Waals surface area contributed by atoms with Crippen LogP contribution in [0.4, 0.5) is 8.78 Å². The molecule has 0 N–H and O–H groups in total. The third-order valence-electron chi connectivity index (χ3n) is 8.04. The molecule has 2 fully saturated rings. The smallest absolute Gasteiger partial charge is 0.356 e. The second-order valence-electron chi connectivity index (χ2n) is 10.8. The zero-order valence-corrected chi connectivity index (χ0v) is 23.8. The van der Waals surface area contributed by atoms with Crippen molar-refractivity contribution < 1.29 is 27.8 Å². The van der Waals surface area contributed by atoms with Crippen LogP contribution in [0.5, 0.6) is 5.88 Å². The average molecular weight is 588 g/mol. The van der Waals surface area contributed by atoms with Crippen molar-refractivity contribution in [3.63, 3.8) is 0 Å². The fourth-order valence-corrected chi connectivity index (χ4v) is 5.46. The first kappa shape index (κ1) is 28.7. The molecule has 2 aliphatic rings. The van der Waals surface area contributed by atoms with E-state index in [0.717, 1.165) is 50.5 Å². The number of imidazole rings is 1. The van der Waals surface area contributed by atoms with E-state index in [9.17, 15) is 13.6 Å². The molecule has 11 heteroatoms. The normalized spacial score (nSPS) is 17.4. The highest BCUT2D eigenvalue weighted by atomic mass is 19.1. The van der Waals surface area contributed by atoms with Gasteiger partial charge in [0.25, 0.3) is 5.88 Å². The summed E-state index contributed by atoms with van der Waals surface area (Å²) >= 11 is 0. The lowest BCUT2D eigenvalue weighted by Crippen LogP contribution is -2.35. The van der Waals surface area contributed by atoms with Gasteiger partial charge >= 0.3 is 5.97 Å². The Balaban J connectivity index is 1.12. The van der Waals surface area contributed by atoms with Crippen molar-refractivity contribution in [1.29, 1.82) is 0 Å². The van der Waals surface area contributed by atoms with Crippen molar-refractivity contribution in [2.45, 2.75) is 51.0 Å². The predicted octanol–water partition coefficient (Wildman–Crippen LogP) is 4.62. The highest BCUT2D eigenvalue weighted by Gasteiger charge is 2.27. The van der Waals surface area contributed by atoms with Gasteiger partial charge in [0, 0.05) is 29.3 Å². The molecule has 0 aliphatic carbocycles. The lowest BCUT2D eigenvalue weighted by atomic mass is 9.93. The van der Waals surface area contributed by atoms with Crippen LogP contribution in [0, 0.1) is 24.0 Å². The summed E-state index contributed by atoms with van der Waals surface area (Å²) in [6.45, 7) is 3.37. The van der Waals surface area contributed by atoms with Crippen LogP contribution in [-0.4, -0.2) is 63.3 Å². The van der Waals surface area contributed by atoms with Gasteiger partial charge in [0.2, 0.25) is 0 Å². The molecule has 3 aromatic heterocycles. The number of methoxy groups -OCH3 is 1. The number of hydrogen-bond donors (Lipinski definition) is 0. The summed E-state index contributed by atoms with van der Waals surface area (Å²) in [6, 6.07) is 10.9. The molecular formula is C32H31F2N5O4. The molecule has 9 nitrogen and oxygen atoms in total. The van der Waals surface area contributed by atoms with Gasteiger partial charge in [-0.3, -0.25) is 4.90 Å². The molecule has 43 heavy (non-hydrogen) atoms. The van der Waals surface area contributed by atoms with E-state index in [2.05, 4.69) is 20.8 Å². The van der Waals surface area contributed by atoms with Crippen LogP contribution >= 0.6 is 0 Å². The molecule has 2 aliphatic heterocycles. The van der Waals surface area contributed by atoms with Crippen molar-refractivity contribution in [1.82, 2.24) is 24.4 Å². The molecule has 0 saturated carbocycles. The van der Waals surface area contributed by atoms with Crippen molar-refractivity contribution >= 4 is 17.1 Å². The zero-order chi connectivity index (χ0) is 29.9. The van der Waals surface area contributed by atoms with Gasteiger partial charge in [-0.25, -0.2) is 28.5 Å². The highest BCUT2D eigenvalue weighted by Crippen LogP contribution is 2.30. The van der Waals surface area contributed by atoms with E-state index in [4.69, 9.17) is 25.6 Å². The quantitative estimate of drug-likeness (QED) is 0.207. The number of fused-ring (bicyclic) bond motifs is 1. The molecule has 2 saturated heterocycles. The first-order chi connectivity index (χ1) is 20.9. The number of esters is 1. The zero-order valence-electron chi connectivity index (χ0n) is 23.8. The maximum Gasteiger partial charge on any atom is 0.356 e. The molecule has 6 rings (SSSR count). The second-order valence-corrected chi connectivity index (χ2v) is 10.8. The molecule has 0 bridgehead atoms. The molecular weight excluding hydrogens is 556 g/mol. The Morgan fingerprint density at radius 2 is 1.88 bits per heavy atom. The van der Waals surface area contributed by atoms with Crippen LogP contribution in [0.15, 0.2) is 42.5 Å². The third-order valence-corrected chi connectivity index (χ3v) is 8.04. The van der Waals surface area contributed by atoms with Gasteiger partial charge in [0.1, 0.15) is 23.8 Å². The monoisotopic (exact) mass is 587 g/mol. The number of rotatable bonds is 9. The Morgan fingerprint density at radius 3 is 2.58 bits per heavy atom. The number of benzene rings is 1. The van der Waals surface area contributed by atoms with Gasteiger partial charge in [-0.2, -0.15) is 0 Å². The molecule has 4 aromatic rings. The number of terminal acetylenes is 1. The number of aromatic nitrogens is 4. The van der Waals surface area contributed by atoms with Gasteiger partial charge in [-0.15, -0.1) is 6.42 Å². The summed E-state index contributed by atoms with van der Waals surface area (Å²) in [6.07, 6.45) is 8.00. The summed E-state index contributed by atoms with van der Waals surface area (Å²) in [5.74, 6) is 1.62. The van der Waals surface area contributed by atoms with E-state index in [1.165, 1.54) is 25.3 Å². The largest absolute Gasteiger partial charge is 0.471 e. The Hall–Kier alpha value is -4.40. The van der Waals surface area contributed by atoms with E-state index < -0.39 is 17.6 Å². The predicted molar refractivity (Wildman–Crippen MR) is 153 cm³/mol. The summed E-state index contributed by atoms with van der Waals surface area (Å²) in [5.41, 5.74) is 3.02. The molecule has 0 spiro atoms. The fraction of sp³-hybridized carbons (Fsp3) is 0.375. The van der Waals surface area contributed by atoms with Gasteiger partial charge in [-0.05, 0) is 68.8 Å². The molecule has 0 unspecified atom stereocenters. The fourth-order valence-electron chi connectivity index (χ4n) is 5.46. The number of carbonyl (C=O) groups excluding carboxylic acids is 1. The van der Waals surface area contributed by atoms with E-state index in [-0.39, 0.29) is 35.8 Å². The number of ether oxygens (including phenoxy) is 3. The van der Waals surface area contributed by atoms with Gasteiger partial charge in [-0.1, -0.05) is 12.0 Å². The van der Waals surface area contributed by atoms with E-state index >= 15 is 0 Å². The third kappa shape index (κ3) is 6.21. The van der Waals surface area contributed by atoms with E-state index in [1.54, 1.807) is 24.3 Å². The van der Waals surface area contributed by atoms with Crippen LogP contribution in [0.1, 0.15) is 58.3 Å². The summed E-state index contributed by atoms with van der Waals surface area (Å²) in [7, 11) is 1.33. The molecule has 222 valence electrons. The minimum Gasteiger partial charge on any atom is -0.471 e.